The van der Waals surface area contributed by atoms with E-state index in [0.29, 0.717) is 37.6 Å². The molecular weight excluding hydrogens is 498 g/mol. The van der Waals surface area contributed by atoms with Crippen molar-refractivity contribution >= 4 is 31.4 Å². The number of methoxy groups -OCH3 is 1. The van der Waals surface area contributed by atoms with Crippen LogP contribution in [0.5, 0.6) is 0 Å². The van der Waals surface area contributed by atoms with Gasteiger partial charge in [0.25, 0.3) is 0 Å². The fourth-order valence-corrected chi connectivity index (χ4v) is 10.9. The van der Waals surface area contributed by atoms with E-state index in [4.69, 9.17) is 30.5 Å². The first-order valence-electron chi connectivity index (χ1n) is 13.2. The molecule has 8 heteroatoms. The van der Waals surface area contributed by atoms with Crippen LogP contribution in [-0.4, -0.2) is 63.5 Å². The van der Waals surface area contributed by atoms with Crippen molar-refractivity contribution in [2.45, 2.75) is 86.7 Å². The van der Waals surface area contributed by atoms with Crippen molar-refractivity contribution < 1.29 is 18.9 Å². The normalized spacial score (nSPS) is 48.2. The molecule has 0 aromatic rings. The molecule has 1 saturated heterocycles. The van der Waals surface area contributed by atoms with Gasteiger partial charge in [0.15, 0.2) is 6.29 Å². The van der Waals surface area contributed by atoms with Gasteiger partial charge in [0.05, 0.1) is 23.5 Å². The zero-order valence-corrected chi connectivity index (χ0v) is 24.8. The van der Waals surface area contributed by atoms with Gasteiger partial charge in [-0.25, -0.2) is 0 Å². The quantitative estimate of drug-likeness (QED) is 0.123. The summed E-state index contributed by atoms with van der Waals surface area (Å²) < 4.78 is 24.5. The molecule has 5 aliphatic carbocycles. The predicted octanol–water partition coefficient (Wildman–Crippen LogP) is 6.06. The second kappa shape index (κ2) is 9.00. The highest BCUT2D eigenvalue weighted by molar-refractivity contribution is 8.00. The van der Waals surface area contributed by atoms with Crippen molar-refractivity contribution in [3.05, 3.63) is 11.6 Å². The number of ether oxygens (including phenoxy) is 4. The number of nitrogens with zero attached hydrogens (tertiary/aromatic N) is 1. The minimum atomic E-state index is -1.14. The molecule has 1 aliphatic heterocycles. The number of halogens is 1. The van der Waals surface area contributed by atoms with Crippen molar-refractivity contribution in [1.29, 1.82) is 5.26 Å². The lowest BCUT2D eigenvalue weighted by Crippen LogP contribution is -2.61. The van der Waals surface area contributed by atoms with Gasteiger partial charge in [-0.15, -0.1) is 11.6 Å². The number of rotatable bonds is 8. The standard InChI is InChI=1S/C27H42ClNO4SSi/c1-24-8-7-20(33-17-31-11-12-35(4,5)6)22-21(24)18(14-32-23(24)30-2)19-13-27(34-3)10-9-25(19,22)15-26(27,28)16-29/h13,18,20-23H,7-12,14-15,17H2,1-6H3/t18-,20-,21+,22+,23?,24-,25+,26?,27+/m1/s1. The maximum Gasteiger partial charge on any atom is 0.162 e. The van der Waals surface area contributed by atoms with Crippen molar-refractivity contribution in [2.75, 3.05) is 33.4 Å². The Hall–Kier alpha value is -0.0731. The molecule has 6 rings (SSSR count). The van der Waals surface area contributed by atoms with Crippen molar-refractivity contribution in [3.63, 3.8) is 0 Å². The number of hydrogen-bond acceptors (Lipinski definition) is 6. The van der Waals surface area contributed by atoms with Crippen LogP contribution in [0.4, 0.5) is 0 Å². The summed E-state index contributed by atoms with van der Waals surface area (Å²) in [5.41, 5.74) is 1.30. The van der Waals surface area contributed by atoms with Crippen LogP contribution in [0.3, 0.4) is 0 Å². The molecule has 5 nitrogen and oxygen atoms in total. The van der Waals surface area contributed by atoms with Crippen LogP contribution in [0.15, 0.2) is 11.6 Å². The van der Waals surface area contributed by atoms with E-state index in [1.54, 1.807) is 18.9 Å². The van der Waals surface area contributed by atoms with Crippen molar-refractivity contribution in [3.8, 4) is 6.07 Å². The number of alkyl halides is 1. The summed E-state index contributed by atoms with van der Waals surface area (Å²) in [7, 11) is 0.636. The topological polar surface area (TPSA) is 60.7 Å². The molecule has 2 bridgehead atoms. The molecule has 4 fully saturated rings. The van der Waals surface area contributed by atoms with Gasteiger partial charge in [-0.2, -0.15) is 17.0 Å². The second-order valence-electron chi connectivity index (χ2n) is 13.1. The van der Waals surface area contributed by atoms with Crippen LogP contribution >= 0.6 is 23.4 Å². The lowest BCUT2D eigenvalue weighted by molar-refractivity contribution is -0.276. The van der Waals surface area contributed by atoms with Crippen LogP contribution in [0.25, 0.3) is 0 Å². The summed E-state index contributed by atoms with van der Waals surface area (Å²) in [5.74, 6) is 1.03. The van der Waals surface area contributed by atoms with Crippen LogP contribution in [0.2, 0.25) is 25.7 Å². The molecule has 0 N–H and O–H groups in total. The molecule has 0 aromatic heterocycles. The van der Waals surface area contributed by atoms with E-state index in [1.165, 1.54) is 5.57 Å². The van der Waals surface area contributed by atoms with Gasteiger partial charge in [-0.1, -0.05) is 38.2 Å². The van der Waals surface area contributed by atoms with Gasteiger partial charge in [0, 0.05) is 38.5 Å². The minimum Gasteiger partial charge on any atom is -0.356 e. The van der Waals surface area contributed by atoms with E-state index in [2.05, 4.69) is 45.0 Å². The second-order valence-corrected chi connectivity index (χ2v) is 20.5. The Kier molecular flexibility index (Phi) is 6.82. The number of hydrogen-bond donors (Lipinski definition) is 0. The highest BCUT2D eigenvalue weighted by Gasteiger charge is 2.75. The zero-order valence-electron chi connectivity index (χ0n) is 22.2. The van der Waals surface area contributed by atoms with Gasteiger partial charge < -0.3 is 18.9 Å². The average molecular weight is 540 g/mol. The van der Waals surface area contributed by atoms with E-state index in [0.717, 1.165) is 38.3 Å². The Morgan fingerprint density at radius 2 is 2.03 bits per heavy atom. The molecule has 1 heterocycles. The third-order valence-corrected chi connectivity index (χ3v) is 14.0. The summed E-state index contributed by atoms with van der Waals surface area (Å²) in [6.45, 7) is 11.3. The Labute approximate surface area is 221 Å². The number of thioether (sulfide) groups is 1. The Bertz CT molecular complexity index is 922. The Morgan fingerprint density at radius 1 is 1.26 bits per heavy atom. The SMILES string of the molecule is COC1OC[C@@H]2C3=C[C@@]4(SC)CC[C@@]3(CC4(Cl)C#N)[C@@H]3[C@H]2[C@@]1(C)CC[C@H]3OCOCC[Si](C)(C)C. The van der Waals surface area contributed by atoms with Crippen LogP contribution in [-0.2, 0) is 18.9 Å². The Morgan fingerprint density at radius 3 is 2.69 bits per heavy atom. The predicted molar refractivity (Wildman–Crippen MR) is 143 cm³/mol. The molecule has 6 aliphatic rings. The first-order valence-corrected chi connectivity index (χ1v) is 18.5. The molecular formula is C27H42ClNO4SSi. The molecule has 3 saturated carbocycles. The van der Waals surface area contributed by atoms with Crippen LogP contribution < -0.4 is 0 Å². The molecule has 0 radical (unpaired) electrons. The number of fused-ring (bicyclic) bond motifs is 2. The molecule has 196 valence electrons. The summed E-state index contributed by atoms with van der Waals surface area (Å²) in [6.07, 6.45) is 9.09. The number of nitriles is 1. The fourth-order valence-electron chi connectivity index (χ4n) is 8.51. The average Bonchev–Trinajstić information content (AvgIpc) is 3.10. The van der Waals surface area contributed by atoms with E-state index in [-0.39, 0.29) is 28.0 Å². The van der Waals surface area contributed by atoms with Gasteiger partial charge in [0.2, 0.25) is 0 Å². The Balaban J connectivity index is 1.49. The molecule has 2 unspecified atom stereocenters. The smallest absolute Gasteiger partial charge is 0.162 e. The molecule has 1 spiro atoms. The maximum atomic E-state index is 10.3. The highest BCUT2D eigenvalue weighted by atomic mass is 35.5. The van der Waals surface area contributed by atoms with Crippen LogP contribution in [0, 0.1) is 39.9 Å². The van der Waals surface area contributed by atoms with Crippen LogP contribution in [0.1, 0.15) is 39.0 Å². The van der Waals surface area contributed by atoms with E-state index in [9.17, 15) is 5.26 Å². The lowest BCUT2D eigenvalue weighted by Gasteiger charge is -2.60. The highest BCUT2D eigenvalue weighted by Crippen LogP contribution is 2.76. The van der Waals surface area contributed by atoms with Gasteiger partial charge in [0.1, 0.15) is 11.7 Å². The van der Waals surface area contributed by atoms with Gasteiger partial charge >= 0.3 is 0 Å². The third-order valence-electron chi connectivity index (χ3n) is 10.2. The largest absolute Gasteiger partial charge is 0.356 e. The van der Waals surface area contributed by atoms with Crippen molar-refractivity contribution in [1.82, 2.24) is 0 Å². The molecule has 35 heavy (non-hydrogen) atoms. The first-order chi connectivity index (χ1) is 16.5. The lowest BCUT2D eigenvalue weighted by atomic mass is 9.50. The monoisotopic (exact) mass is 539 g/mol. The van der Waals surface area contributed by atoms with E-state index in [1.807, 2.05) is 0 Å². The van der Waals surface area contributed by atoms with Gasteiger partial charge in [-0.05, 0) is 56.2 Å². The van der Waals surface area contributed by atoms with E-state index < -0.39 is 12.9 Å². The first kappa shape index (κ1) is 26.5. The maximum absolute atomic E-state index is 10.3. The molecule has 0 amide bonds. The van der Waals surface area contributed by atoms with Crippen molar-refractivity contribution in [2.24, 2.45) is 28.6 Å². The summed E-state index contributed by atoms with van der Waals surface area (Å²) in [6, 6.07) is 3.71. The fraction of sp³-hybridized carbons (Fsp3) is 0.889. The summed E-state index contributed by atoms with van der Waals surface area (Å²) >= 11 is 8.99. The third kappa shape index (κ3) is 3.84. The zero-order chi connectivity index (χ0) is 25.3. The van der Waals surface area contributed by atoms with E-state index >= 15 is 0 Å². The summed E-state index contributed by atoms with van der Waals surface area (Å²) in [4.78, 5) is -0.893. The summed E-state index contributed by atoms with van der Waals surface area (Å²) in [5, 5.41) is 10.3. The molecule has 0 aromatic carbocycles. The van der Waals surface area contributed by atoms with Gasteiger partial charge in [-0.3, -0.25) is 0 Å². The minimum absolute atomic E-state index is 0.0833. The molecule has 9 atom stereocenters.